The minimum atomic E-state index is -0.212. The van der Waals surface area contributed by atoms with Crippen molar-refractivity contribution in [3.8, 4) is 0 Å². The zero-order valence-corrected chi connectivity index (χ0v) is 14.4. The molecule has 0 saturated carbocycles. The highest BCUT2D eigenvalue weighted by molar-refractivity contribution is 8.26. The second-order valence-electron chi connectivity index (χ2n) is 5.25. The molecular weight excluding hydrogens is 328 g/mol. The Morgan fingerprint density at radius 2 is 1.96 bits per heavy atom. The molecule has 2 amide bonds. The van der Waals surface area contributed by atoms with Crippen molar-refractivity contribution in [1.29, 1.82) is 0 Å². The summed E-state index contributed by atoms with van der Waals surface area (Å²) in [7, 11) is 0. The van der Waals surface area contributed by atoms with E-state index >= 15 is 0 Å². The number of fused-ring (bicyclic) bond motifs is 1. The first-order valence-electron chi connectivity index (χ1n) is 7.40. The van der Waals surface area contributed by atoms with Crippen LogP contribution in [0.25, 0.3) is 5.57 Å². The zero-order valence-electron chi connectivity index (χ0n) is 12.7. The van der Waals surface area contributed by atoms with Crippen molar-refractivity contribution < 1.29 is 9.59 Å². The van der Waals surface area contributed by atoms with Gasteiger partial charge in [-0.2, -0.15) is 0 Å². The van der Waals surface area contributed by atoms with Gasteiger partial charge in [0.2, 0.25) is 0 Å². The van der Waals surface area contributed by atoms with E-state index in [4.69, 9.17) is 12.2 Å². The van der Waals surface area contributed by atoms with Crippen molar-refractivity contribution in [1.82, 2.24) is 4.90 Å². The molecule has 6 heteroatoms. The second-order valence-corrected chi connectivity index (χ2v) is 6.89. The first-order valence-corrected chi connectivity index (χ1v) is 8.62. The number of hydrogen-bond acceptors (Lipinski definition) is 4. The van der Waals surface area contributed by atoms with E-state index in [1.807, 2.05) is 31.2 Å². The van der Waals surface area contributed by atoms with E-state index in [-0.39, 0.29) is 11.8 Å². The van der Waals surface area contributed by atoms with Crippen LogP contribution in [0.15, 0.2) is 41.8 Å². The highest BCUT2D eigenvalue weighted by atomic mass is 32.2. The largest absolute Gasteiger partial charge is 0.308 e. The third-order valence-electron chi connectivity index (χ3n) is 3.76. The summed E-state index contributed by atoms with van der Waals surface area (Å²) in [5.74, 6) is -0.330. The van der Waals surface area contributed by atoms with Crippen LogP contribution in [0, 0.1) is 0 Å². The van der Waals surface area contributed by atoms with Gasteiger partial charge in [-0.25, -0.2) is 0 Å². The number of thioether (sulfide) groups is 1. The van der Waals surface area contributed by atoms with Crippen molar-refractivity contribution in [3.63, 3.8) is 0 Å². The van der Waals surface area contributed by atoms with Gasteiger partial charge in [0.25, 0.3) is 11.8 Å². The number of thiocarbonyl (C=S) groups is 1. The maximum Gasteiger partial charge on any atom is 0.267 e. The number of carbonyl (C=O) groups excluding carboxylic acids is 2. The number of benzene rings is 1. The molecule has 1 aromatic rings. The van der Waals surface area contributed by atoms with E-state index in [2.05, 4.69) is 6.58 Å². The highest BCUT2D eigenvalue weighted by Crippen LogP contribution is 2.44. The molecule has 4 nitrogen and oxygen atoms in total. The molecular formula is C17H16N2O2S2. The lowest BCUT2D eigenvalue weighted by Crippen LogP contribution is -2.29. The van der Waals surface area contributed by atoms with E-state index in [9.17, 15) is 9.59 Å². The van der Waals surface area contributed by atoms with Crippen LogP contribution in [-0.2, 0) is 9.59 Å². The fourth-order valence-electron chi connectivity index (χ4n) is 2.78. The Morgan fingerprint density at radius 3 is 2.65 bits per heavy atom. The molecule has 1 saturated heterocycles. The number of anilines is 1. The Balaban J connectivity index is 2.13. The number of nitrogens with zero attached hydrogens (tertiary/aromatic N) is 2. The number of carbonyl (C=O) groups is 2. The molecule has 2 aliphatic rings. The first-order chi connectivity index (χ1) is 11.1. The Bertz CT molecular complexity index is 755. The van der Waals surface area contributed by atoms with Gasteiger partial charge in [-0.05, 0) is 12.5 Å². The average molecular weight is 344 g/mol. The third-order valence-corrected chi connectivity index (χ3v) is 5.21. The minimum absolute atomic E-state index is 0.118. The maximum absolute atomic E-state index is 12.9. The number of amides is 2. The summed E-state index contributed by atoms with van der Waals surface area (Å²) in [6, 6.07) is 7.59. The van der Waals surface area contributed by atoms with E-state index < -0.39 is 0 Å². The number of rotatable bonds is 4. The van der Waals surface area contributed by atoms with Crippen molar-refractivity contribution in [2.75, 3.05) is 18.0 Å². The standard InChI is InChI=1S/C17H16N2O2S2/c1-3-9-18-12-8-6-5-7-11(12)13(15(18)20)14-16(21)19(10-4-2)17(22)23-14/h4-8H,2-3,9-10H2,1H3/b14-13-. The summed E-state index contributed by atoms with van der Waals surface area (Å²) >= 11 is 6.47. The predicted molar refractivity (Wildman–Crippen MR) is 98.1 cm³/mol. The summed E-state index contributed by atoms with van der Waals surface area (Å²) in [4.78, 5) is 29.2. The van der Waals surface area contributed by atoms with Crippen LogP contribution >= 0.6 is 24.0 Å². The monoisotopic (exact) mass is 344 g/mol. The molecule has 2 heterocycles. The molecule has 0 aliphatic carbocycles. The highest BCUT2D eigenvalue weighted by Gasteiger charge is 2.41. The lowest BCUT2D eigenvalue weighted by atomic mass is 10.1. The van der Waals surface area contributed by atoms with Crippen molar-refractivity contribution in [3.05, 3.63) is 47.4 Å². The van der Waals surface area contributed by atoms with Crippen LogP contribution in [0.5, 0.6) is 0 Å². The smallest absolute Gasteiger partial charge is 0.267 e. The van der Waals surface area contributed by atoms with Gasteiger partial charge in [-0.15, -0.1) is 6.58 Å². The maximum atomic E-state index is 12.9. The second kappa shape index (κ2) is 6.29. The fourth-order valence-corrected chi connectivity index (χ4v) is 4.13. The average Bonchev–Trinajstić information content (AvgIpc) is 2.97. The SMILES string of the molecule is C=CCN1C(=O)/C(=C2/C(=O)N(CCC)c3ccccc32)SC1=S. The van der Waals surface area contributed by atoms with Crippen LogP contribution in [0.2, 0.25) is 0 Å². The quantitative estimate of drug-likeness (QED) is 0.478. The Morgan fingerprint density at radius 1 is 1.22 bits per heavy atom. The van der Waals surface area contributed by atoms with Gasteiger partial charge in [0.05, 0.1) is 16.2 Å². The summed E-state index contributed by atoms with van der Waals surface area (Å²) in [6.45, 7) is 6.66. The third kappa shape index (κ3) is 2.52. The lowest BCUT2D eigenvalue weighted by Gasteiger charge is -2.15. The van der Waals surface area contributed by atoms with Crippen molar-refractivity contribution in [2.24, 2.45) is 0 Å². The van der Waals surface area contributed by atoms with Gasteiger partial charge >= 0.3 is 0 Å². The molecule has 0 aromatic heterocycles. The Hall–Kier alpha value is -1.92. The van der Waals surface area contributed by atoms with Crippen molar-refractivity contribution in [2.45, 2.75) is 13.3 Å². The topological polar surface area (TPSA) is 40.6 Å². The van der Waals surface area contributed by atoms with Gasteiger partial charge in [-0.1, -0.05) is 55.2 Å². The van der Waals surface area contributed by atoms with E-state index in [0.29, 0.717) is 27.9 Å². The molecule has 23 heavy (non-hydrogen) atoms. The van der Waals surface area contributed by atoms with E-state index in [1.54, 1.807) is 11.0 Å². The molecule has 2 aliphatic heterocycles. The van der Waals surface area contributed by atoms with Crippen LogP contribution in [0.3, 0.4) is 0 Å². The Kier molecular flexibility index (Phi) is 4.37. The van der Waals surface area contributed by atoms with Crippen LogP contribution in [0.1, 0.15) is 18.9 Å². The molecule has 0 unspecified atom stereocenters. The molecule has 0 N–H and O–H groups in total. The van der Waals surface area contributed by atoms with E-state index in [1.165, 1.54) is 16.7 Å². The van der Waals surface area contributed by atoms with Crippen LogP contribution in [0.4, 0.5) is 5.69 Å². The molecule has 0 radical (unpaired) electrons. The van der Waals surface area contributed by atoms with Crippen LogP contribution < -0.4 is 4.90 Å². The zero-order chi connectivity index (χ0) is 16.6. The normalized spacial score (nSPS) is 20.5. The fraction of sp³-hybridized carbons (Fsp3) is 0.235. The van der Waals surface area contributed by atoms with Gasteiger partial charge in [-0.3, -0.25) is 14.5 Å². The lowest BCUT2D eigenvalue weighted by molar-refractivity contribution is -0.122. The van der Waals surface area contributed by atoms with Gasteiger partial charge in [0, 0.05) is 18.7 Å². The number of hydrogen-bond donors (Lipinski definition) is 0. The van der Waals surface area contributed by atoms with Gasteiger partial charge in [0.1, 0.15) is 4.32 Å². The molecule has 3 rings (SSSR count). The molecule has 0 atom stereocenters. The molecule has 1 fully saturated rings. The Labute approximate surface area is 144 Å². The number of para-hydroxylation sites is 1. The van der Waals surface area contributed by atoms with Crippen molar-refractivity contribution >= 4 is 51.4 Å². The molecule has 0 spiro atoms. The van der Waals surface area contributed by atoms with E-state index in [0.717, 1.165) is 17.7 Å². The molecule has 1 aromatic carbocycles. The predicted octanol–water partition coefficient (Wildman–Crippen LogP) is 3.20. The summed E-state index contributed by atoms with van der Waals surface area (Å²) in [5, 5.41) is 0. The summed E-state index contributed by atoms with van der Waals surface area (Å²) < 4.78 is 0.469. The van der Waals surface area contributed by atoms with Gasteiger partial charge in [0.15, 0.2) is 0 Å². The minimum Gasteiger partial charge on any atom is -0.308 e. The molecule has 118 valence electrons. The summed E-state index contributed by atoms with van der Waals surface area (Å²) in [6.07, 6.45) is 2.48. The van der Waals surface area contributed by atoms with Crippen LogP contribution in [-0.4, -0.2) is 34.1 Å². The first kappa shape index (κ1) is 16.0. The molecule has 0 bridgehead atoms. The summed E-state index contributed by atoms with van der Waals surface area (Å²) in [5.41, 5.74) is 2.14. The van der Waals surface area contributed by atoms with Gasteiger partial charge < -0.3 is 4.90 Å².